The van der Waals surface area contributed by atoms with Crippen LogP contribution in [0.4, 0.5) is 0 Å². The molecular weight excluding hydrogens is 1090 g/mol. The summed E-state index contributed by atoms with van der Waals surface area (Å²) in [6.45, 7) is 16.0. The molecule has 0 amide bonds. The number of carbonyl (C=O) groups excluding carboxylic acids is 2. The maximum atomic E-state index is 12.6. The predicted molar refractivity (Wildman–Crippen MR) is 281 cm³/mol. The molecule has 5 heterocycles. The lowest BCUT2D eigenvalue weighted by molar-refractivity contribution is -0.325. The summed E-state index contributed by atoms with van der Waals surface area (Å²) in [7, 11) is 0. The summed E-state index contributed by atoms with van der Waals surface area (Å²) in [6.07, 6.45) is -8.52. The zero-order chi connectivity index (χ0) is 57.3. The number of hydrogen-bond acceptors (Lipinski definition) is 20. The van der Waals surface area contributed by atoms with E-state index in [0.29, 0.717) is 17.7 Å². The Morgan fingerprint density at radius 1 is 0.692 bits per heavy atom. The van der Waals surface area contributed by atoms with Gasteiger partial charge in [0.15, 0.2) is 24.7 Å². The van der Waals surface area contributed by atoms with E-state index in [2.05, 4.69) is 20.1 Å². The molecule has 78 heavy (non-hydrogen) atoms. The molecule has 0 spiro atoms. The fraction of sp³-hybridized carbons (Fsp3) is 0.706. The van der Waals surface area contributed by atoms with Crippen LogP contribution in [-0.4, -0.2) is 169 Å². The van der Waals surface area contributed by atoms with Crippen LogP contribution in [0.2, 0.25) is 0 Å². The Hall–Kier alpha value is -4.14. The van der Waals surface area contributed by atoms with Gasteiger partial charge in [-0.2, -0.15) is 0 Å². The average Bonchev–Trinajstić information content (AvgIpc) is 3.83. The van der Waals surface area contributed by atoms with Crippen LogP contribution in [0.1, 0.15) is 76.1 Å². The van der Waals surface area contributed by atoms with Crippen LogP contribution in [0.5, 0.6) is 0 Å². The minimum absolute atomic E-state index is 0.0363. The van der Waals surface area contributed by atoms with Gasteiger partial charge >= 0.3 is 11.9 Å². The predicted octanol–water partition coefficient (Wildman–Crippen LogP) is 7.66. The summed E-state index contributed by atoms with van der Waals surface area (Å²) in [5.74, 6) is -3.68. The zero-order valence-electron chi connectivity index (χ0n) is 44.7. The van der Waals surface area contributed by atoms with Gasteiger partial charge < -0.3 is 72.2 Å². The van der Waals surface area contributed by atoms with Crippen LogP contribution in [-0.2, 0) is 56.8 Å². The first-order chi connectivity index (χ1) is 37.0. The van der Waals surface area contributed by atoms with Crippen molar-refractivity contribution in [3.63, 3.8) is 0 Å². The van der Waals surface area contributed by atoms with Crippen molar-refractivity contribution in [1.29, 1.82) is 5.41 Å². The number of aliphatic hydroxyl groups excluding tert-OH is 3. The second-order valence-electron chi connectivity index (χ2n) is 20.0. The molecule has 0 radical (unpaired) electrons. The highest BCUT2D eigenvalue weighted by Crippen LogP contribution is 2.42. The van der Waals surface area contributed by atoms with E-state index < -0.39 is 101 Å². The number of ether oxygens (including phenoxy) is 12. The molecule has 0 aliphatic carbocycles. The molecule has 0 aromatic heterocycles. The number of rotatable bonds is 17. The fourth-order valence-electron chi connectivity index (χ4n) is 9.28. The lowest BCUT2D eigenvalue weighted by Crippen LogP contribution is -2.57. The average molecular weight is 1160 g/mol. The number of esters is 2. The van der Waals surface area contributed by atoms with Crippen LogP contribution < -0.4 is 0 Å². The van der Waals surface area contributed by atoms with E-state index in [1.54, 1.807) is 55.5 Å². The number of fused-ring (bicyclic) bond motifs is 1. The van der Waals surface area contributed by atoms with Crippen molar-refractivity contribution in [2.45, 2.75) is 139 Å². The van der Waals surface area contributed by atoms with Crippen LogP contribution in [0.25, 0.3) is 20.9 Å². The Morgan fingerprint density at radius 3 is 1.68 bits per heavy atom. The number of benzene rings is 2. The van der Waals surface area contributed by atoms with Crippen molar-refractivity contribution < 1.29 is 81.8 Å². The Balaban J connectivity index is 0.000000261. The normalized spacial score (nSPS) is 34.1. The first kappa shape index (κ1) is 64.7. The SMILES string of the molecule is CC1[C@@H](OC(=N)C(Cl)(Cl)Cl)OC(COC(=O)c2ccccc2)[C@@H](C)[C@@H]1O[C@H]1OC[C@@H](C)[C@@H]2OC(C)(C)OC12.CC1[C@H](OCCN=[N+]=[N-])OC(COC(=O)c2ccccc2)[C@@H](C)[C@@H]1O[C@H]1OC[C@@H](C)[C@H](O)C1O.[N-]=[N+]=NCCO. The van der Waals surface area contributed by atoms with Crippen LogP contribution >= 0.6 is 34.8 Å². The smallest absolute Gasteiger partial charge is 0.338 e. The molecule has 18 atom stereocenters. The van der Waals surface area contributed by atoms with Gasteiger partial charge in [0.05, 0.1) is 61.5 Å². The monoisotopic (exact) mass is 1160 g/mol. The van der Waals surface area contributed by atoms with E-state index in [-0.39, 0.29) is 81.8 Å². The largest absolute Gasteiger partial charge is 0.459 e. The third-order valence-corrected chi connectivity index (χ3v) is 14.1. The standard InChI is InChI=1S/C26H34Cl3NO8.C23H33N3O8.C2H5N3O/c1-13-11-33-23(20-18(13)37-25(4,5)38-20)35-19-14(2)17(12-32-21(31)16-9-7-6-8-10-16)34-22(15(19)3)36-24(30)26(27,28)29;1-13-11-32-23(19(28)18(13)27)34-20-14(2)17(12-31-21(29)16-7-5-4-6-8-16)33-22(15(20)3)30-10-9-25-26-24;3-5-4-1-2-6/h6-10,13-15,17-20,22-23,30H,11-12H2,1-5H3;4-8,13-15,17-20,22-23,27-28H,9-12H2,1-3H3;6H,1-2H2/t13-,14-,15?,17?,18+,19+,20?,22-,23-;13-,14-,15?,17?,18+,19?,20+,22-,23-;/m11./s1. The molecule has 434 valence electrons. The van der Waals surface area contributed by atoms with Crippen molar-refractivity contribution in [2.75, 3.05) is 52.7 Å². The van der Waals surface area contributed by atoms with Gasteiger partial charge in [-0.25, -0.2) is 9.59 Å². The van der Waals surface area contributed by atoms with E-state index in [1.165, 1.54) is 0 Å². The van der Waals surface area contributed by atoms with Crippen molar-refractivity contribution >= 4 is 52.6 Å². The van der Waals surface area contributed by atoms with Crippen LogP contribution in [0.15, 0.2) is 70.9 Å². The first-order valence-electron chi connectivity index (χ1n) is 25.6. The maximum Gasteiger partial charge on any atom is 0.338 e. The van der Waals surface area contributed by atoms with Crippen molar-refractivity contribution in [3.05, 3.63) is 92.7 Å². The molecule has 5 fully saturated rings. The van der Waals surface area contributed by atoms with E-state index in [0.717, 1.165) is 0 Å². The second-order valence-corrected chi connectivity index (χ2v) is 22.3. The molecule has 24 nitrogen and oxygen atoms in total. The molecule has 5 saturated heterocycles. The summed E-state index contributed by atoms with van der Waals surface area (Å²) in [4.78, 5) is 30.1. The molecule has 4 N–H and O–H groups in total. The number of carbonyl (C=O) groups is 2. The fourth-order valence-corrected chi connectivity index (χ4v) is 9.42. The lowest BCUT2D eigenvalue weighted by atomic mass is 9.85. The van der Waals surface area contributed by atoms with Crippen molar-refractivity contribution in [2.24, 2.45) is 45.7 Å². The highest BCUT2D eigenvalue weighted by atomic mass is 35.6. The van der Waals surface area contributed by atoms with Gasteiger partial charge in [0.2, 0.25) is 12.2 Å². The molecule has 5 aliphatic heterocycles. The molecule has 0 bridgehead atoms. The zero-order valence-corrected chi connectivity index (χ0v) is 47.0. The third-order valence-electron chi connectivity index (χ3n) is 13.6. The van der Waals surface area contributed by atoms with E-state index in [9.17, 15) is 19.8 Å². The first-order valence-corrected chi connectivity index (χ1v) is 26.7. The molecule has 27 heteroatoms. The molecular formula is C51H72Cl3N7O17. The molecule has 6 unspecified atom stereocenters. The van der Waals surface area contributed by atoms with Crippen molar-refractivity contribution in [3.8, 4) is 0 Å². The number of alkyl halides is 3. The maximum absolute atomic E-state index is 12.6. The lowest BCUT2D eigenvalue weighted by Gasteiger charge is -2.46. The van der Waals surface area contributed by atoms with Gasteiger partial charge in [0, 0.05) is 65.0 Å². The second kappa shape index (κ2) is 30.6. The number of nitrogens with zero attached hydrogens (tertiary/aromatic N) is 6. The Bertz CT molecular complexity index is 2300. The van der Waals surface area contributed by atoms with E-state index in [4.69, 9.17) is 113 Å². The summed E-state index contributed by atoms with van der Waals surface area (Å²) >= 11 is 17.6. The minimum Gasteiger partial charge on any atom is -0.459 e. The summed E-state index contributed by atoms with van der Waals surface area (Å²) in [5, 5.41) is 43.2. The van der Waals surface area contributed by atoms with Gasteiger partial charge in [-0.05, 0) is 49.2 Å². The molecule has 2 aromatic carbocycles. The van der Waals surface area contributed by atoms with Crippen LogP contribution in [0.3, 0.4) is 0 Å². The summed E-state index contributed by atoms with van der Waals surface area (Å²) in [5.41, 5.74) is 16.9. The highest BCUT2D eigenvalue weighted by molar-refractivity contribution is 6.76. The Kier molecular flexibility index (Phi) is 25.4. The number of nitrogens with one attached hydrogen (secondary N) is 1. The number of azide groups is 2. The molecule has 5 aliphatic rings. The molecule has 2 aromatic rings. The van der Waals surface area contributed by atoms with Crippen LogP contribution in [0, 0.1) is 40.9 Å². The van der Waals surface area contributed by atoms with Gasteiger partial charge in [0.25, 0.3) is 3.79 Å². The number of aliphatic hydroxyl groups is 3. The van der Waals surface area contributed by atoms with Crippen molar-refractivity contribution in [1.82, 2.24) is 0 Å². The molecule has 0 saturated carbocycles. The molecule has 7 rings (SSSR count). The van der Waals surface area contributed by atoms with E-state index in [1.807, 2.05) is 60.6 Å². The van der Waals surface area contributed by atoms with Gasteiger partial charge in [-0.15, -0.1) is 0 Å². The highest BCUT2D eigenvalue weighted by Gasteiger charge is 2.54. The Labute approximate surface area is 468 Å². The minimum atomic E-state index is -2.08. The van der Waals surface area contributed by atoms with Gasteiger partial charge in [0.1, 0.15) is 31.5 Å². The number of halogens is 3. The topological polar surface area (TPSA) is 327 Å². The van der Waals surface area contributed by atoms with Gasteiger partial charge in [-0.1, -0.05) is 123 Å². The summed E-state index contributed by atoms with van der Waals surface area (Å²) < 4.78 is 69.3. The quantitative estimate of drug-likeness (QED) is 0.0173. The van der Waals surface area contributed by atoms with E-state index >= 15 is 0 Å². The third kappa shape index (κ3) is 18.2. The van der Waals surface area contributed by atoms with Gasteiger partial charge in [-0.3, -0.25) is 5.41 Å². The number of hydrogen-bond donors (Lipinski definition) is 4. The summed E-state index contributed by atoms with van der Waals surface area (Å²) in [6, 6.07) is 17.3. The Morgan fingerprint density at radius 2 is 1.17 bits per heavy atom.